The zero-order valence-electron chi connectivity index (χ0n) is 15.4. The Morgan fingerprint density at radius 2 is 1.48 bits per heavy atom. The molecule has 0 heterocycles. The quantitative estimate of drug-likeness (QED) is 0.373. The van der Waals surface area contributed by atoms with Gasteiger partial charge in [0, 0.05) is 12.8 Å². The Balaban J connectivity index is 2.15. The Labute approximate surface area is 151 Å². The molecule has 0 amide bonds. The van der Waals surface area contributed by atoms with Crippen molar-refractivity contribution in [1.29, 1.82) is 0 Å². The lowest BCUT2D eigenvalue weighted by molar-refractivity contribution is -0.164. The maximum atomic E-state index is 11.9. The molecule has 0 fully saturated rings. The Morgan fingerprint density at radius 3 is 2.04 bits per heavy atom. The van der Waals surface area contributed by atoms with Crippen molar-refractivity contribution in [2.75, 3.05) is 0 Å². The Morgan fingerprint density at radius 1 is 0.920 bits per heavy atom. The van der Waals surface area contributed by atoms with E-state index in [1.165, 1.54) is 38.5 Å². The zero-order valence-corrected chi connectivity index (χ0v) is 15.4. The molecule has 0 radical (unpaired) electrons. The van der Waals surface area contributed by atoms with Crippen LogP contribution in [0.15, 0.2) is 30.3 Å². The summed E-state index contributed by atoms with van der Waals surface area (Å²) in [6.07, 6.45) is 9.99. The van der Waals surface area contributed by atoms with Crippen LogP contribution in [0.4, 0.5) is 0 Å². The smallest absolute Gasteiger partial charge is 0.345 e. The van der Waals surface area contributed by atoms with Gasteiger partial charge in [-0.1, -0.05) is 88.6 Å². The summed E-state index contributed by atoms with van der Waals surface area (Å²) in [5, 5.41) is 9.24. The molecule has 1 aromatic carbocycles. The second-order valence-corrected chi connectivity index (χ2v) is 6.58. The van der Waals surface area contributed by atoms with E-state index >= 15 is 0 Å². The number of hydrogen-bond donors (Lipinski definition) is 1. The Hall–Kier alpha value is -1.84. The topological polar surface area (TPSA) is 63.6 Å². The molecule has 0 saturated carbocycles. The first-order chi connectivity index (χ1) is 12.1. The van der Waals surface area contributed by atoms with Crippen molar-refractivity contribution in [2.24, 2.45) is 0 Å². The second-order valence-electron chi connectivity index (χ2n) is 6.58. The van der Waals surface area contributed by atoms with E-state index in [9.17, 15) is 14.7 Å². The number of carbonyl (C=O) groups excluding carboxylic acids is 1. The van der Waals surface area contributed by atoms with Crippen molar-refractivity contribution in [3.8, 4) is 0 Å². The van der Waals surface area contributed by atoms with Crippen LogP contribution in [0.5, 0.6) is 0 Å². The molecule has 0 unspecified atom stereocenters. The summed E-state index contributed by atoms with van der Waals surface area (Å²) >= 11 is 0. The van der Waals surface area contributed by atoms with Crippen LogP contribution < -0.4 is 0 Å². The van der Waals surface area contributed by atoms with Gasteiger partial charge in [-0.15, -0.1) is 0 Å². The summed E-state index contributed by atoms with van der Waals surface area (Å²) in [6, 6.07) is 9.24. The molecular weight excluding hydrogens is 316 g/mol. The number of carboxylic acids is 1. The first-order valence-electron chi connectivity index (χ1n) is 9.59. The van der Waals surface area contributed by atoms with Crippen LogP contribution in [0.2, 0.25) is 0 Å². The fourth-order valence-electron chi connectivity index (χ4n) is 2.81. The van der Waals surface area contributed by atoms with Crippen molar-refractivity contribution in [3.63, 3.8) is 0 Å². The fraction of sp³-hybridized carbons (Fsp3) is 0.619. The van der Waals surface area contributed by atoms with Crippen LogP contribution >= 0.6 is 0 Å². The predicted octanol–water partition coefficient (Wildman–Crippen LogP) is 5.15. The minimum atomic E-state index is -1.10. The Bertz CT molecular complexity index is 484. The number of aliphatic carboxylic acids is 1. The van der Waals surface area contributed by atoms with E-state index in [1.54, 1.807) is 0 Å². The van der Waals surface area contributed by atoms with Crippen molar-refractivity contribution < 1.29 is 19.4 Å². The molecule has 1 rings (SSSR count). The van der Waals surface area contributed by atoms with E-state index in [4.69, 9.17) is 4.74 Å². The van der Waals surface area contributed by atoms with Gasteiger partial charge in [-0.2, -0.15) is 0 Å². The van der Waals surface area contributed by atoms with Gasteiger partial charge >= 0.3 is 11.9 Å². The SMILES string of the molecule is CCCCCCCCCCCC(=O)O[C@@H](Cc1ccccc1)C(=O)O. The fourth-order valence-corrected chi connectivity index (χ4v) is 2.81. The second kappa shape index (κ2) is 13.5. The van der Waals surface area contributed by atoms with E-state index < -0.39 is 18.0 Å². The molecule has 25 heavy (non-hydrogen) atoms. The van der Waals surface area contributed by atoms with Gasteiger partial charge in [-0.3, -0.25) is 4.79 Å². The van der Waals surface area contributed by atoms with Crippen LogP contribution in [0.3, 0.4) is 0 Å². The lowest BCUT2D eigenvalue weighted by atomic mass is 10.1. The van der Waals surface area contributed by atoms with Gasteiger partial charge in [0.05, 0.1) is 0 Å². The van der Waals surface area contributed by atoms with Crippen molar-refractivity contribution >= 4 is 11.9 Å². The molecule has 0 aliphatic rings. The highest BCUT2D eigenvalue weighted by atomic mass is 16.6. The van der Waals surface area contributed by atoms with Crippen molar-refractivity contribution in [2.45, 2.75) is 83.7 Å². The maximum absolute atomic E-state index is 11.9. The number of benzene rings is 1. The number of hydrogen-bond acceptors (Lipinski definition) is 3. The van der Waals surface area contributed by atoms with Crippen LogP contribution in [-0.4, -0.2) is 23.1 Å². The van der Waals surface area contributed by atoms with Crippen molar-refractivity contribution in [3.05, 3.63) is 35.9 Å². The van der Waals surface area contributed by atoms with Gasteiger partial charge in [0.25, 0.3) is 0 Å². The van der Waals surface area contributed by atoms with E-state index in [0.29, 0.717) is 6.42 Å². The third-order valence-electron chi connectivity index (χ3n) is 4.30. The number of ether oxygens (including phenoxy) is 1. The van der Waals surface area contributed by atoms with Crippen LogP contribution in [-0.2, 0) is 20.7 Å². The highest BCUT2D eigenvalue weighted by molar-refractivity contribution is 5.78. The molecule has 1 N–H and O–H groups in total. The lowest BCUT2D eigenvalue weighted by Gasteiger charge is -2.14. The molecule has 0 spiro atoms. The summed E-state index contributed by atoms with van der Waals surface area (Å²) in [7, 11) is 0. The molecule has 4 heteroatoms. The van der Waals surface area contributed by atoms with E-state index in [0.717, 1.165) is 24.8 Å². The molecule has 1 atom stereocenters. The number of carbonyl (C=O) groups is 2. The molecule has 140 valence electrons. The highest BCUT2D eigenvalue weighted by Gasteiger charge is 2.22. The standard InChI is InChI=1S/C21H32O4/c1-2-3-4-5-6-7-8-9-13-16-20(22)25-19(21(23)24)17-18-14-11-10-12-15-18/h10-12,14-15,19H,2-9,13,16-17H2,1H3,(H,23,24)/t19-/m0/s1. The molecule has 0 bridgehead atoms. The molecule has 0 saturated heterocycles. The van der Waals surface area contributed by atoms with Crippen LogP contribution in [0.1, 0.15) is 76.7 Å². The molecule has 0 aromatic heterocycles. The molecule has 1 aromatic rings. The van der Waals surface area contributed by atoms with E-state index in [1.807, 2.05) is 30.3 Å². The number of rotatable bonds is 14. The number of unbranched alkanes of at least 4 members (excludes halogenated alkanes) is 8. The highest BCUT2D eigenvalue weighted by Crippen LogP contribution is 2.12. The van der Waals surface area contributed by atoms with Gasteiger partial charge in [0.15, 0.2) is 0 Å². The molecule has 4 nitrogen and oxygen atoms in total. The number of esters is 1. The minimum Gasteiger partial charge on any atom is -0.478 e. The third-order valence-corrected chi connectivity index (χ3v) is 4.30. The van der Waals surface area contributed by atoms with E-state index in [-0.39, 0.29) is 6.42 Å². The van der Waals surface area contributed by atoms with E-state index in [2.05, 4.69) is 6.92 Å². The summed E-state index contributed by atoms with van der Waals surface area (Å²) in [5.41, 5.74) is 0.853. The van der Waals surface area contributed by atoms with Gasteiger partial charge in [0.1, 0.15) is 0 Å². The van der Waals surface area contributed by atoms with Crippen LogP contribution in [0, 0.1) is 0 Å². The monoisotopic (exact) mass is 348 g/mol. The first kappa shape index (κ1) is 21.2. The van der Waals surface area contributed by atoms with Crippen LogP contribution in [0.25, 0.3) is 0 Å². The first-order valence-corrected chi connectivity index (χ1v) is 9.59. The minimum absolute atomic E-state index is 0.208. The number of carboxylic acid groups (broad SMARTS) is 1. The lowest BCUT2D eigenvalue weighted by Crippen LogP contribution is -2.29. The van der Waals surface area contributed by atoms with Gasteiger partial charge < -0.3 is 9.84 Å². The third kappa shape index (κ3) is 10.6. The van der Waals surface area contributed by atoms with Gasteiger partial charge in [-0.25, -0.2) is 4.79 Å². The summed E-state index contributed by atoms with van der Waals surface area (Å²) in [6.45, 7) is 2.22. The van der Waals surface area contributed by atoms with Gasteiger partial charge in [0.2, 0.25) is 6.10 Å². The molecule has 0 aliphatic heterocycles. The van der Waals surface area contributed by atoms with Gasteiger partial charge in [-0.05, 0) is 12.0 Å². The average molecular weight is 348 g/mol. The summed E-state index contributed by atoms with van der Waals surface area (Å²) in [5.74, 6) is -1.50. The summed E-state index contributed by atoms with van der Waals surface area (Å²) < 4.78 is 5.15. The largest absolute Gasteiger partial charge is 0.478 e. The Kier molecular flexibility index (Phi) is 11.4. The molecule has 0 aliphatic carbocycles. The molecular formula is C21H32O4. The average Bonchev–Trinajstić information content (AvgIpc) is 2.60. The maximum Gasteiger partial charge on any atom is 0.345 e. The van der Waals surface area contributed by atoms with Crippen molar-refractivity contribution in [1.82, 2.24) is 0 Å². The summed E-state index contributed by atoms with van der Waals surface area (Å²) in [4.78, 5) is 23.2. The normalized spacial score (nSPS) is 11.9. The predicted molar refractivity (Wildman–Crippen MR) is 99.5 cm³/mol. The zero-order chi connectivity index (χ0) is 18.3.